The number of amides is 1. The van der Waals surface area contributed by atoms with Crippen molar-refractivity contribution < 1.29 is 13.2 Å². The summed E-state index contributed by atoms with van der Waals surface area (Å²) < 4.78 is 27.6. The summed E-state index contributed by atoms with van der Waals surface area (Å²) in [6, 6.07) is 6.26. The van der Waals surface area contributed by atoms with Crippen molar-refractivity contribution in [3.05, 3.63) is 29.8 Å². The van der Waals surface area contributed by atoms with Crippen molar-refractivity contribution in [3.63, 3.8) is 0 Å². The SMILES string of the molecule is CC(C)[C@@H](C)NC(=O)c1cccc(S(=O)(=O)NC2CCCC2)c1. The smallest absolute Gasteiger partial charge is 0.251 e. The Morgan fingerprint density at radius 1 is 1.17 bits per heavy atom. The number of sulfonamides is 1. The van der Waals surface area contributed by atoms with E-state index in [4.69, 9.17) is 0 Å². The first-order chi connectivity index (χ1) is 10.8. The first-order valence-electron chi connectivity index (χ1n) is 8.23. The van der Waals surface area contributed by atoms with Crippen molar-refractivity contribution in [1.82, 2.24) is 10.0 Å². The van der Waals surface area contributed by atoms with Crippen LogP contribution in [0, 0.1) is 5.92 Å². The van der Waals surface area contributed by atoms with E-state index in [2.05, 4.69) is 10.0 Å². The molecule has 1 aliphatic rings. The maximum Gasteiger partial charge on any atom is 0.251 e. The van der Waals surface area contributed by atoms with Gasteiger partial charge in [-0.3, -0.25) is 4.79 Å². The minimum atomic E-state index is -3.57. The maximum atomic E-state index is 12.5. The summed E-state index contributed by atoms with van der Waals surface area (Å²) in [5.41, 5.74) is 0.367. The quantitative estimate of drug-likeness (QED) is 0.837. The van der Waals surface area contributed by atoms with Gasteiger partial charge in [0.05, 0.1) is 4.90 Å². The van der Waals surface area contributed by atoms with Gasteiger partial charge in [-0.05, 0) is 43.9 Å². The number of hydrogen-bond acceptors (Lipinski definition) is 3. The standard InChI is InChI=1S/C17H26N2O3S/c1-12(2)13(3)18-17(20)14-7-6-10-16(11-14)23(21,22)19-15-8-4-5-9-15/h6-7,10-13,15,19H,4-5,8-9H2,1-3H3,(H,18,20)/t13-/m1/s1. The fourth-order valence-corrected chi connectivity index (χ4v) is 3.94. The number of hydrogen-bond donors (Lipinski definition) is 2. The zero-order valence-electron chi connectivity index (χ0n) is 14.0. The van der Waals surface area contributed by atoms with Gasteiger partial charge in [0.2, 0.25) is 10.0 Å². The van der Waals surface area contributed by atoms with Crippen molar-refractivity contribution in [2.75, 3.05) is 0 Å². The third kappa shape index (κ3) is 4.78. The number of carbonyl (C=O) groups is 1. The van der Waals surface area contributed by atoms with Crippen LogP contribution in [0.2, 0.25) is 0 Å². The van der Waals surface area contributed by atoms with E-state index in [0.717, 1.165) is 25.7 Å². The second-order valence-corrected chi connectivity index (χ2v) is 8.35. The molecular formula is C17H26N2O3S. The van der Waals surface area contributed by atoms with Crippen molar-refractivity contribution in [3.8, 4) is 0 Å². The largest absolute Gasteiger partial charge is 0.349 e. The maximum absolute atomic E-state index is 12.5. The van der Waals surface area contributed by atoms with Crippen LogP contribution < -0.4 is 10.0 Å². The average molecular weight is 338 g/mol. The van der Waals surface area contributed by atoms with E-state index >= 15 is 0 Å². The third-order valence-electron chi connectivity index (χ3n) is 4.44. The van der Waals surface area contributed by atoms with Crippen LogP contribution in [0.1, 0.15) is 56.8 Å². The summed E-state index contributed by atoms with van der Waals surface area (Å²) in [7, 11) is -3.57. The molecule has 2 rings (SSSR count). The summed E-state index contributed by atoms with van der Waals surface area (Å²) in [5.74, 6) is 0.0685. The monoisotopic (exact) mass is 338 g/mol. The van der Waals surface area contributed by atoms with Crippen LogP contribution in [0.25, 0.3) is 0 Å². The molecule has 1 fully saturated rings. The van der Waals surface area contributed by atoms with Crippen LogP contribution >= 0.6 is 0 Å². The first-order valence-corrected chi connectivity index (χ1v) is 9.71. The molecule has 1 saturated carbocycles. The molecule has 0 aromatic heterocycles. The van der Waals surface area contributed by atoms with Crippen LogP contribution in [0.4, 0.5) is 0 Å². The molecule has 0 radical (unpaired) electrons. The van der Waals surface area contributed by atoms with E-state index in [-0.39, 0.29) is 22.9 Å². The normalized spacial score (nSPS) is 17.4. The second kappa shape index (κ2) is 7.45. The Morgan fingerprint density at radius 3 is 2.43 bits per heavy atom. The minimum Gasteiger partial charge on any atom is -0.349 e. The number of carbonyl (C=O) groups excluding carboxylic acids is 1. The van der Waals surface area contributed by atoms with E-state index in [1.807, 2.05) is 20.8 Å². The van der Waals surface area contributed by atoms with E-state index in [0.29, 0.717) is 11.5 Å². The summed E-state index contributed by atoms with van der Waals surface area (Å²) in [6.45, 7) is 5.99. The Bertz CT molecular complexity index is 650. The molecule has 1 aromatic carbocycles. The van der Waals surface area contributed by atoms with E-state index in [9.17, 15) is 13.2 Å². The highest BCUT2D eigenvalue weighted by molar-refractivity contribution is 7.89. The topological polar surface area (TPSA) is 75.3 Å². The lowest BCUT2D eigenvalue weighted by molar-refractivity contribution is 0.0930. The Balaban J connectivity index is 2.13. The van der Waals surface area contributed by atoms with Crippen LogP contribution in [0.15, 0.2) is 29.2 Å². The Kier molecular flexibility index (Phi) is 5.81. The number of nitrogens with one attached hydrogen (secondary N) is 2. The molecule has 1 aromatic rings. The minimum absolute atomic E-state index is 0.0124. The van der Waals surface area contributed by atoms with E-state index < -0.39 is 10.0 Å². The highest BCUT2D eigenvalue weighted by Crippen LogP contribution is 2.21. The Morgan fingerprint density at radius 2 is 1.83 bits per heavy atom. The van der Waals surface area contributed by atoms with Crippen molar-refractivity contribution in [1.29, 1.82) is 0 Å². The fraction of sp³-hybridized carbons (Fsp3) is 0.588. The van der Waals surface area contributed by atoms with E-state index in [1.54, 1.807) is 12.1 Å². The molecule has 0 heterocycles. The van der Waals surface area contributed by atoms with Crippen LogP contribution in [-0.2, 0) is 10.0 Å². The van der Waals surface area contributed by atoms with E-state index in [1.165, 1.54) is 12.1 Å². The predicted octanol–water partition coefficient (Wildman–Crippen LogP) is 2.68. The average Bonchev–Trinajstić information content (AvgIpc) is 2.99. The van der Waals surface area contributed by atoms with Gasteiger partial charge in [0.1, 0.15) is 0 Å². The van der Waals surface area contributed by atoms with Gasteiger partial charge < -0.3 is 5.32 Å². The van der Waals surface area contributed by atoms with Gasteiger partial charge in [-0.25, -0.2) is 13.1 Å². The van der Waals surface area contributed by atoms with Gasteiger partial charge in [-0.1, -0.05) is 32.8 Å². The lowest BCUT2D eigenvalue weighted by Crippen LogP contribution is -2.36. The molecule has 0 aliphatic heterocycles. The third-order valence-corrected chi connectivity index (χ3v) is 5.96. The summed E-state index contributed by atoms with van der Waals surface area (Å²) in [6.07, 6.45) is 3.88. The lowest BCUT2D eigenvalue weighted by Gasteiger charge is -2.18. The molecule has 1 atom stereocenters. The molecule has 6 heteroatoms. The number of benzene rings is 1. The highest BCUT2D eigenvalue weighted by Gasteiger charge is 2.23. The van der Waals surface area contributed by atoms with Crippen molar-refractivity contribution in [2.45, 2.75) is 63.4 Å². The van der Waals surface area contributed by atoms with Crippen LogP contribution in [0.3, 0.4) is 0 Å². The van der Waals surface area contributed by atoms with Crippen LogP contribution in [0.5, 0.6) is 0 Å². The predicted molar refractivity (Wildman–Crippen MR) is 90.8 cm³/mol. The summed E-state index contributed by atoms with van der Waals surface area (Å²) in [4.78, 5) is 12.4. The van der Waals surface area contributed by atoms with Gasteiger partial charge >= 0.3 is 0 Å². The zero-order valence-corrected chi connectivity index (χ0v) is 14.8. The molecule has 1 amide bonds. The molecule has 1 aliphatic carbocycles. The summed E-state index contributed by atoms with van der Waals surface area (Å²) >= 11 is 0. The molecule has 128 valence electrons. The molecule has 0 bridgehead atoms. The van der Waals surface area contributed by atoms with Gasteiger partial charge in [0.25, 0.3) is 5.91 Å². The first kappa shape index (κ1) is 17.9. The highest BCUT2D eigenvalue weighted by atomic mass is 32.2. The Labute approximate surface area is 138 Å². The second-order valence-electron chi connectivity index (χ2n) is 6.64. The van der Waals surface area contributed by atoms with Gasteiger partial charge in [-0.2, -0.15) is 0 Å². The molecule has 23 heavy (non-hydrogen) atoms. The van der Waals surface area contributed by atoms with Gasteiger partial charge in [0.15, 0.2) is 0 Å². The van der Waals surface area contributed by atoms with Crippen molar-refractivity contribution in [2.24, 2.45) is 5.92 Å². The number of rotatable bonds is 6. The molecule has 0 spiro atoms. The van der Waals surface area contributed by atoms with Crippen LogP contribution in [-0.4, -0.2) is 26.4 Å². The molecule has 0 unspecified atom stereocenters. The zero-order chi connectivity index (χ0) is 17.0. The molecule has 2 N–H and O–H groups in total. The molecular weight excluding hydrogens is 312 g/mol. The molecule has 0 saturated heterocycles. The lowest BCUT2D eigenvalue weighted by atomic mass is 10.1. The fourth-order valence-electron chi connectivity index (χ4n) is 2.59. The Hall–Kier alpha value is -1.40. The van der Waals surface area contributed by atoms with Gasteiger partial charge in [-0.15, -0.1) is 0 Å². The molecule has 5 nitrogen and oxygen atoms in total. The van der Waals surface area contributed by atoms with Crippen molar-refractivity contribution >= 4 is 15.9 Å². The summed E-state index contributed by atoms with van der Waals surface area (Å²) in [5, 5.41) is 2.89. The van der Waals surface area contributed by atoms with Gasteiger partial charge in [0, 0.05) is 17.6 Å².